The number of amides is 4. The highest BCUT2D eigenvalue weighted by Crippen LogP contribution is 2.46. The van der Waals surface area contributed by atoms with Gasteiger partial charge in [0.15, 0.2) is 0 Å². The van der Waals surface area contributed by atoms with Crippen LogP contribution in [0.2, 0.25) is 0 Å². The summed E-state index contributed by atoms with van der Waals surface area (Å²) in [5.41, 5.74) is 8.17. The molecule has 1 aromatic carbocycles. The SMILES string of the molecule is C=C(CC)[C@@H]([C@@H](CC(=O)N1CCC[C@H]1[C@H](OC)[C@@H](C)C(=O)N[C@H](CO)Cc1cccc(N)c1)OC)N(C)C(=O)[C@@H](NC(=O)[C@@H]1C2CC[C@@H]([C@H]2C)N1C)C(C)C. The molecule has 11 atom stereocenters. The molecule has 13 nitrogen and oxygen atoms in total. The van der Waals surface area contributed by atoms with Crippen molar-refractivity contribution in [1.82, 2.24) is 25.3 Å². The zero-order valence-electron chi connectivity index (χ0n) is 34.6. The van der Waals surface area contributed by atoms with Gasteiger partial charge < -0.3 is 40.7 Å². The molecule has 2 aliphatic heterocycles. The number of hydrogen-bond acceptors (Lipinski definition) is 9. The Labute approximate surface area is 328 Å². The third kappa shape index (κ3) is 9.90. The Hall–Kier alpha value is -3.52. The number of likely N-dealkylation sites (N-methyl/N-ethyl adjacent to an activating group) is 2. The highest BCUT2D eigenvalue weighted by Gasteiger charge is 2.53. The van der Waals surface area contributed by atoms with E-state index in [9.17, 15) is 24.3 Å². The van der Waals surface area contributed by atoms with E-state index in [1.54, 1.807) is 36.9 Å². The van der Waals surface area contributed by atoms with Crippen LogP contribution in [-0.4, -0.2) is 133 Å². The highest BCUT2D eigenvalue weighted by molar-refractivity contribution is 5.91. The molecule has 2 heterocycles. The number of nitrogens with two attached hydrogens (primary N) is 1. The minimum absolute atomic E-state index is 0.0232. The van der Waals surface area contributed by atoms with Gasteiger partial charge in [-0.3, -0.25) is 24.1 Å². The first-order valence-electron chi connectivity index (χ1n) is 20.2. The van der Waals surface area contributed by atoms with Crippen molar-refractivity contribution in [2.45, 2.75) is 128 Å². The van der Waals surface area contributed by atoms with Gasteiger partial charge in [-0.1, -0.05) is 58.9 Å². The summed E-state index contributed by atoms with van der Waals surface area (Å²) in [6, 6.07) is 5.17. The molecule has 2 bridgehead atoms. The van der Waals surface area contributed by atoms with Gasteiger partial charge in [0.25, 0.3) is 0 Å². The first kappa shape index (κ1) is 44.2. The Bertz CT molecular complexity index is 1510. The lowest BCUT2D eigenvalue weighted by Crippen LogP contribution is -2.59. The summed E-state index contributed by atoms with van der Waals surface area (Å²) >= 11 is 0. The summed E-state index contributed by atoms with van der Waals surface area (Å²) in [7, 11) is 6.79. The molecule has 0 aromatic heterocycles. The molecule has 2 saturated heterocycles. The van der Waals surface area contributed by atoms with E-state index in [1.807, 2.05) is 46.0 Å². The first-order chi connectivity index (χ1) is 26.1. The van der Waals surface area contributed by atoms with Crippen LogP contribution in [0.15, 0.2) is 36.4 Å². The van der Waals surface area contributed by atoms with Crippen molar-refractivity contribution >= 4 is 29.3 Å². The number of aliphatic hydroxyl groups is 1. The van der Waals surface area contributed by atoms with Crippen LogP contribution in [0, 0.1) is 23.7 Å². The molecule has 0 radical (unpaired) electrons. The maximum absolute atomic E-state index is 14.3. The van der Waals surface area contributed by atoms with Gasteiger partial charge in [-0.15, -0.1) is 0 Å². The molecule has 1 aliphatic carbocycles. The number of likely N-dealkylation sites (tertiary alicyclic amines) is 2. The monoisotopic (exact) mass is 769 g/mol. The van der Waals surface area contributed by atoms with E-state index >= 15 is 0 Å². The average Bonchev–Trinajstić information content (AvgIpc) is 3.85. The quantitative estimate of drug-likeness (QED) is 0.122. The summed E-state index contributed by atoms with van der Waals surface area (Å²) in [5.74, 6) is -0.923. The lowest BCUT2D eigenvalue weighted by molar-refractivity contribution is -0.145. The maximum atomic E-state index is 14.3. The first-order valence-corrected chi connectivity index (χ1v) is 20.2. The van der Waals surface area contributed by atoms with E-state index in [0.717, 1.165) is 30.4 Å². The molecule has 3 aliphatic rings. The Morgan fingerprint density at radius 2 is 1.80 bits per heavy atom. The van der Waals surface area contributed by atoms with Gasteiger partial charge in [0.2, 0.25) is 23.6 Å². The number of benzene rings is 1. The van der Waals surface area contributed by atoms with Gasteiger partial charge in [-0.2, -0.15) is 0 Å². The van der Waals surface area contributed by atoms with Crippen LogP contribution in [-0.2, 0) is 35.1 Å². The second-order valence-corrected chi connectivity index (χ2v) is 16.5. The van der Waals surface area contributed by atoms with Gasteiger partial charge in [-0.25, -0.2) is 0 Å². The highest BCUT2D eigenvalue weighted by atomic mass is 16.5. The third-order valence-corrected chi connectivity index (χ3v) is 12.8. The summed E-state index contributed by atoms with van der Waals surface area (Å²) in [6.45, 7) is 14.3. The van der Waals surface area contributed by atoms with Crippen LogP contribution < -0.4 is 16.4 Å². The Morgan fingerprint density at radius 3 is 2.36 bits per heavy atom. The topological polar surface area (TPSA) is 167 Å². The van der Waals surface area contributed by atoms with Crippen molar-refractivity contribution in [3.05, 3.63) is 42.0 Å². The molecule has 4 rings (SSSR count). The molecule has 55 heavy (non-hydrogen) atoms. The molecule has 0 spiro atoms. The minimum Gasteiger partial charge on any atom is -0.399 e. The minimum atomic E-state index is -0.769. The van der Waals surface area contributed by atoms with Crippen molar-refractivity contribution in [3.8, 4) is 0 Å². The van der Waals surface area contributed by atoms with Crippen LogP contribution in [0.25, 0.3) is 0 Å². The normalized spacial score (nSPS) is 25.6. The van der Waals surface area contributed by atoms with Crippen LogP contribution in [0.4, 0.5) is 5.69 Å². The third-order valence-electron chi connectivity index (χ3n) is 12.8. The number of ether oxygens (including phenoxy) is 2. The number of piperidine rings is 1. The van der Waals surface area contributed by atoms with E-state index < -0.39 is 36.3 Å². The van der Waals surface area contributed by atoms with Gasteiger partial charge in [0.05, 0.1) is 55.3 Å². The molecular weight excluding hydrogens is 700 g/mol. The second kappa shape index (κ2) is 19.6. The molecule has 13 heteroatoms. The molecule has 4 amide bonds. The summed E-state index contributed by atoms with van der Waals surface area (Å²) in [6.07, 6.45) is 3.13. The van der Waals surface area contributed by atoms with Crippen molar-refractivity contribution in [3.63, 3.8) is 0 Å². The van der Waals surface area contributed by atoms with Gasteiger partial charge in [-0.05, 0) is 81.0 Å². The Kier molecular flexibility index (Phi) is 15.7. The number of aliphatic hydroxyl groups excluding tert-OH is 1. The molecule has 1 aromatic rings. The molecule has 3 fully saturated rings. The van der Waals surface area contributed by atoms with Gasteiger partial charge in [0, 0.05) is 39.5 Å². The number of carbonyl (C=O) groups is 4. The summed E-state index contributed by atoms with van der Waals surface area (Å²) in [5, 5.41) is 16.2. The van der Waals surface area contributed by atoms with Gasteiger partial charge >= 0.3 is 0 Å². The lowest BCUT2D eigenvalue weighted by Gasteiger charge is -2.39. The van der Waals surface area contributed by atoms with Crippen LogP contribution >= 0.6 is 0 Å². The van der Waals surface area contributed by atoms with Crippen molar-refractivity contribution in [2.24, 2.45) is 23.7 Å². The summed E-state index contributed by atoms with van der Waals surface area (Å²) in [4.78, 5) is 61.4. The fourth-order valence-corrected chi connectivity index (χ4v) is 9.58. The fraction of sp³-hybridized carbons (Fsp3) is 0.714. The van der Waals surface area contributed by atoms with E-state index in [0.29, 0.717) is 43.5 Å². The fourth-order valence-electron chi connectivity index (χ4n) is 9.58. The number of anilines is 1. The molecule has 308 valence electrons. The van der Waals surface area contributed by atoms with E-state index in [4.69, 9.17) is 15.2 Å². The molecule has 1 saturated carbocycles. The smallest absolute Gasteiger partial charge is 0.245 e. The number of hydrogen-bond donors (Lipinski definition) is 4. The van der Waals surface area contributed by atoms with E-state index in [1.165, 1.54) is 7.11 Å². The predicted molar refractivity (Wildman–Crippen MR) is 214 cm³/mol. The zero-order valence-corrected chi connectivity index (χ0v) is 34.6. The van der Waals surface area contributed by atoms with E-state index in [-0.39, 0.29) is 60.6 Å². The molecule has 1 unspecified atom stereocenters. The predicted octanol–water partition coefficient (Wildman–Crippen LogP) is 3.00. The number of fused-ring (bicyclic) bond motifs is 2. The number of carbonyl (C=O) groups excluding carboxylic acids is 4. The Morgan fingerprint density at radius 1 is 1.09 bits per heavy atom. The van der Waals surface area contributed by atoms with Crippen molar-refractivity contribution < 1.29 is 33.8 Å². The largest absolute Gasteiger partial charge is 0.399 e. The van der Waals surface area contributed by atoms with E-state index in [2.05, 4.69) is 29.0 Å². The zero-order chi connectivity index (χ0) is 40.7. The molecular formula is C42H68N6O7. The number of nitrogen functional groups attached to an aromatic ring is 1. The standard InChI is InChI=1S/C42H68N6O7/c1-11-25(4)37(47(8)42(53)36(24(2)3)45-41(52)38-31-17-18-32(26(31)5)46(38)7)34(54-9)22-35(50)48-19-13-16-33(48)39(55-10)27(6)40(51)44-30(23-49)21-28-14-12-15-29(43)20-28/h12,14-15,20,24,26-27,30-34,36-39,49H,4,11,13,16-19,21-23,43H2,1-3,5-10H3,(H,44,51)(H,45,52)/t26-,27+,30-,31?,32-,33-,34+,36-,37-,38-,39+/m0/s1. The second-order valence-electron chi connectivity index (χ2n) is 16.5. The van der Waals surface area contributed by atoms with Crippen LogP contribution in [0.5, 0.6) is 0 Å². The Balaban J connectivity index is 1.45. The van der Waals surface area contributed by atoms with Crippen LogP contribution in [0.1, 0.15) is 78.7 Å². The number of nitrogens with one attached hydrogen (secondary N) is 2. The van der Waals surface area contributed by atoms with Crippen molar-refractivity contribution in [2.75, 3.05) is 47.2 Å². The van der Waals surface area contributed by atoms with Crippen LogP contribution in [0.3, 0.4) is 0 Å². The van der Waals surface area contributed by atoms with Gasteiger partial charge in [0.1, 0.15) is 6.04 Å². The van der Waals surface area contributed by atoms with Crippen molar-refractivity contribution in [1.29, 1.82) is 0 Å². The number of methoxy groups -OCH3 is 2. The lowest BCUT2D eigenvalue weighted by atomic mass is 9.91. The maximum Gasteiger partial charge on any atom is 0.245 e. The average molecular weight is 769 g/mol. The summed E-state index contributed by atoms with van der Waals surface area (Å²) < 4.78 is 11.9. The number of rotatable bonds is 19. The number of nitrogens with zero attached hydrogens (tertiary/aromatic N) is 3. The molecule has 5 N–H and O–H groups in total.